The van der Waals surface area contributed by atoms with Crippen LogP contribution in [-0.4, -0.2) is 29.5 Å². The van der Waals surface area contributed by atoms with Crippen LogP contribution in [0.3, 0.4) is 0 Å². The number of nitrogens with zero attached hydrogens (tertiary/aromatic N) is 1. The van der Waals surface area contributed by atoms with Gasteiger partial charge in [0, 0.05) is 12.8 Å². The largest absolute Gasteiger partial charge is 0.383 e. The Bertz CT molecular complexity index is 405. The van der Waals surface area contributed by atoms with Crippen LogP contribution in [0.1, 0.15) is 22.3 Å². The van der Waals surface area contributed by atoms with E-state index in [4.69, 9.17) is 16.2 Å². The Morgan fingerprint density at radius 2 is 2.38 bits per heavy atom. The van der Waals surface area contributed by atoms with E-state index in [0.717, 1.165) is 5.56 Å². The number of aryl methyl sites for hydroxylation is 1. The maximum Gasteiger partial charge on any atom is 0.189 e. The molecule has 5 heteroatoms. The van der Waals surface area contributed by atoms with Crippen LogP contribution in [0.2, 0.25) is 0 Å². The molecule has 0 aromatic carbocycles. The van der Waals surface area contributed by atoms with E-state index in [0.29, 0.717) is 18.6 Å². The molecular formula is C11H15N3O2. The third kappa shape index (κ3) is 1.68. The summed E-state index contributed by atoms with van der Waals surface area (Å²) in [6.45, 7) is 2.59. The number of nitrogen functional groups attached to an aromatic ring is 1. The van der Waals surface area contributed by atoms with Crippen molar-refractivity contribution in [1.29, 1.82) is 0 Å². The van der Waals surface area contributed by atoms with Gasteiger partial charge in [0.1, 0.15) is 11.4 Å². The van der Waals surface area contributed by atoms with Crippen LogP contribution in [0, 0.1) is 6.92 Å². The predicted molar refractivity (Wildman–Crippen MR) is 60.1 cm³/mol. The van der Waals surface area contributed by atoms with Gasteiger partial charge in [0.15, 0.2) is 5.78 Å². The predicted octanol–water partition coefficient (Wildman–Crippen LogP) is 0.273. The second-order valence-electron chi connectivity index (χ2n) is 4.18. The zero-order chi connectivity index (χ0) is 11.8. The normalized spacial score (nSPS) is 24.6. The molecule has 0 spiro atoms. The van der Waals surface area contributed by atoms with Crippen molar-refractivity contribution >= 4 is 11.6 Å². The van der Waals surface area contributed by atoms with Crippen molar-refractivity contribution in [3.63, 3.8) is 0 Å². The second-order valence-corrected chi connectivity index (χ2v) is 4.18. The van der Waals surface area contributed by atoms with E-state index in [2.05, 4.69) is 4.98 Å². The average molecular weight is 221 g/mol. The summed E-state index contributed by atoms with van der Waals surface area (Å²) in [5, 5.41) is 0. The third-order valence-electron chi connectivity index (χ3n) is 2.92. The molecule has 0 amide bonds. The van der Waals surface area contributed by atoms with Gasteiger partial charge < -0.3 is 16.2 Å². The standard InChI is InChI=1S/C11H15N3O2/c1-7-2-4-14-10(12)8(7)9(15)11(13)3-5-16-6-11/h2,4H,3,5-6,13H2,1H3,(H2,12,14). The second kappa shape index (κ2) is 3.84. The topological polar surface area (TPSA) is 91.2 Å². The fourth-order valence-electron chi connectivity index (χ4n) is 1.88. The molecule has 4 N–H and O–H groups in total. The van der Waals surface area contributed by atoms with Gasteiger partial charge in [-0.2, -0.15) is 0 Å². The number of Topliss-reactive ketones (excluding diaryl/α,β-unsaturated/α-hetero) is 1. The number of anilines is 1. The molecule has 1 aromatic heterocycles. The molecule has 1 fully saturated rings. The van der Waals surface area contributed by atoms with Crippen LogP contribution < -0.4 is 11.5 Å². The molecule has 5 nitrogen and oxygen atoms in total. The first-order valence-electron chi connectivity index (χ1n) is 5.17. The summed E-state index contributed by atoms with van der Waals surface area (Å²) in [6.07, 6.45) is 2.11. The van der Waals surface area contributed by atoms with E-state index in [1.54, 1.807) is 12.3 Å². The number of hydrogen-bond acceptors (Lipinski definition) is 5. The Morgan fingerprint density at radius 3 is 2.94 bits per heavy atom. The Hall–Kier alpha value is -1.46. The minimum atomic E-state index is -0.943. The summed E-state index contributed by atoms with van der Waals surface area (Å²) in [5.74, 6) is 0.0647. The Morgan fingerprint density at radius 1 is 1.62 bits per heavy atom. The summed E-state index contributed by atoms with van der Waals surface area (Å²) < 4.78 is 5.18. The SMILES string of the molecule is Cc1ccnc(N)c1C(=O)C1(N)CCOC1. The number of nitrogens with two attached hydrogens (primary N) is 2. The van der Waals surface area contributed by atoms with Crippen LogP contribution in [0.5, 0.6) is 0 Å². The van der Waals surface area contributed by atoms with Gasteiger partial charge in [-0.1, -0.05) is 0 Å². The first kappa shape index (κ1) is 11.0. The molecule has 1 atom stereocenters. The Kier molecular flexibility index (Phi) is 2.65. The fraction of sp³-hybridized carbons (Fsp3) is 0.455. The Labute approximate surface area is 93.8 Å². The number of hydrogen-bond donors (Lipinski definition) is 2. The highest BCUT2D eigenvalue weighted by Crippen LogP contribution is 2.25. The summed E-state index contributed by atoms with van der Waals surface area (Å²) in [7, 11) is 0. The average Bonchev–Trinajstić information content (AvgIpc) is 2.66. The van der Waals surface area contributed by atoms with Gasteiger partial charge in [-0.3, -0.25) is 4.79 Å². The highest BCUT2D eigenvalue weighted by atomic mass is 16.5. The summed E-state index contributed by atoms with van der Waals surface area (Å²) in [4.78, 5) is 16.2. The monoisotopic (exact) mass is 221 g/mol. The van der Waals surface area contributed by atoms with E-state index >= 15 is 0 Å². The van der Waals surface area contributed by atoms with Gasteiger partial charge in [0.05, 0.1) is 12.2 Å². The summed E-state index contributed by atoms with van der Waals surface area (Å²) >= 11 is 0. The number of carbonyl (C=O) groups is 1. The lowest BCUT2D eigenvalue weighted by molar-refractivity contribution is 0.0863. The first-order valence-corrected chi connectivity index (χ1v) is 5.17. The van der Waals surface area contributed by atoms with Gasteiger partial charge >= 0.3 is 0 Å². The number of carbonyl (C=O) groups excluding carboxylic acids is 1. The van der Waals surface area contributed by atoms with Crippen molar-refractivity contribution in [3.05, 3.63) is 23.4 Å². The van der Waals surface area contributed by atoms with Crippen molar-refractivity contribution in [2.75, 3.05) is 18.9 Å². The molecule has 86 valence electrons. The van der Waals surface area contributed by atoms with Gasteiger partial charge in [-0.25, -0.2) is 4.98 Å². The molecule has 0 radical (unpaired) electrons. The lowest BCUT2D eigenvalue weighted by Crippen LogP contribution is -2.49. The van der Waals surface area contributed by atoms with E-state index in [1.807, 2.05) is 6.92 Å². The third-order valence-corrected chi connectivity index (χ3v) is 2.92. The van der Waals surface area contributed by atoms with Crippen LogP contribution in [0.25, 0.3) is 0 Å². The molecule has 2 heterocycles. The zero-order valence-electron chi connectivity index (χ0n) is 9.19. The first-order chi connectivity index (χ1) is 7.54. The molecule has 1 aliphatic rings. The summed E-state index contributed by atoms with van der Waals surface area (Å²) in [6, 6.07) is 1.75. The Balaban J connectivity index is 2.41. The van der Waals surface area contributed by atoms with Gasteiger partial charge in [0.25, 0.3) is 0 Å². The minimum absolute atomic E-state index is 0.173. The van der Waals surface area contributed by atoms with Gasteiger partial charge in [-0.15, -0.1) is 0 Å². The van der Waals surface area contributed by atoms with Crippen molar-refractivity contribution < 1.29 is 9.53 Å². The molecule has 1 aliphatic heterocycles. The maximum absolute atomic E-state index is 12.3. The van der Waals surface area contributed by atoms with Gasteiger partial charge in [0.2, 0.25) is 0 Å². The highest BCUT2D eigenvalue weighted by molar-refractivity contribution is 6.07. The van der Waals surface area contributed by atoms with E-state index in [1.165, 1.54) is 0 Å². The van der Waals surface area contributed by atoms with Crippen molar-refractivity contribution in [2.45, 2.75) is 18.9 Å². The molecule has 1 saturated heterocycles. The maximum atomic E-state index is 12.3. The van der Waals surface area contributed by atoms with Crippen molar-refractivity contribution in [3.8, 4) is 0 Å². The summed E-state index contributed by atoms with van der Waals surface area (Å²) in [5.41, 5.74) is 12.0. The number of pyridine rings is 1. The molecule has 2 rings (SSSR count). The highest BCUT2D eigenvalue weighted by Gasteiger charge is 2.40. The van der Waals surface area contributed by atoms with Crippen LogP contribution in [-0.2, 0) is 4.74 Å². The zero-order valence-corrected chi connectivity index (χ0v) is 9.19. The van der Waals surface area contributed by atoms with Crippen molar-refractivity contribution in [1.82, 2.24) is 4.98 Å². The van der Waals surface area contributed by atoms with Crippen molar-refractivity contribution in [2.24, 2.45) is 5.73 Å². The molecule has 16 heavy (non-hydrogen) atoms. The van der Waals surface area contributed by atoms with Crippen LogP contribution in [0.4, 0.5) is 5.82 Å². The molecular weight excluding hydrogens is 206 g/mol. The number of ketones is 1. The molecule has 0 bridgehead atoms. The van der Waals surface area contributed by atoms with Crippen LogP contribution in [0.15, 0.2) is 12.3 Å². The molecule has 0 saturated carbocycles. The lowest BCUT2D eigenvalue weighted by atomic mass is 9.88. The minimum Gasteiger partial charge on any atom is -0.383 e. The van der Waals surface area contributed by atoms with E-state index in [9.17, 15) is 4.79 Å². The number of aromatic nitrogens is 1. The fourth-order valence-corrected chi connectivity index (χ4v) is 1.88. The number of ether oxygens (including phenoxy) is 1. The lowest BCUT2D eigenvalue weighted by Gasteiger charge is -2.21. The van der Waals surface area contributed by atoms with Gasteiger partial charge in [-0.05, 0) is 25.0 Å². The smallest absolute Gasteiger partial charge is 0.189 e. The quantitative estimate of drug-likeness (QED) is 0.699. The van der Waals surface area contributed by atoms with E-state index in [-0.39, 0.29) is 18.2 Å². The van der Waals surface area contributed by atoms with Crippen LogP contribution >= 0.6 is 0 Å². The van der Waals surface area contributed by atoms with E-state index < -0.39 is 5.54 Å². The molecule has 1 unspecified atom stereocenters. The number of rotatable bonds is 2. The molecule has 0 aliphatic carbocycles. The molecule has 1 aromatic rings.